The van der Waals surface area contributed by atoms with Crippen LogP contribution < -0.4 is 5.32 Å². The lowest BCUT2D eigenvalue weighted by molar-refractivity contribution is -0.402. The first kappa shape index (κ1) is 12.6. The fourth-order valence-electron chi connectivity index (χ4n) is 1.58. The molecular weight excluding hydrogens is 246 g/mol. The maximum atomic E-state index is 10.5. The zero-order valence-corrected chi connectivity index (χ0v) is 10.00. The van der Waals surface area contributed by atoms with Crippen molar-refractivity contribution in [3.8, 4) is 6.07 Å². The highest BCUT2D eigenvalue weighted by Gasteiger charge is 2.11. The maximum Gasteiger partial charge on any atom is 0.433 e. The van der Waals surface area contributed by atoms with Gasteiger partial charge >= 0.3 is 5.88 Å². The molecule has 0 saturated carbocycles. The summed E-state index contributed by atoms with van der Waals surface area (Å²) in [4.78, 5) is 9.88. The Balaban J connectivity index is 1.94. The number of nitrogens with one attached hydrogen (secondary N) is 1. The molecule has 0 amide bonds. The van der Waals surface area contributed by atoms with Crippen LogP contribution in [-0.2, 0) is 13.0 Å². The zero-order chi connectivity index (χ0) is 13.7. The van der Waals surface area contributed by atoms with E-state index in [1.54, 1.807) is 6.07 Å². The fraction of sp³-hybridized carbons (Fsp3) is 0.154. The average molecular weight is 257 g/mol. The summed E-state index contributed by atoms with van der Waals surface area (Å²) in [5, 5.41) is 22.1. The summed E-state index contributed by atoms with van der Waals surface area (Å²) in [5.74, 6) is 0.231. The van der Waals surface area contributed by atoms with Gasteiger partial charge < -0.3 is 9.73 Å². The monoisotopic (exact) mass is 257 g/mol. The van der Waals surface area contributed by atoms with Gasteiger partial charge in [0.1, 0.15) is 10.7 Å². The van der Waals surface area contributed by atoms with Crippen molar-refractivity contribution in [3.05, 3.63) is 57.8 Å². The summed E-state index contributed by atoms with van der Waals surface area (Å²) in [5.41, 5.74) is 1.81. The molecule has 1 aromatic heterocycles. The number of hydrogen-bond acceptors (Lipinski definition) is 5. The van der Waals surface area contributed by atoms with Crippen LogP contribution >= 0.6 is 0 Å². The number of benzene rings is 1. The Morgan fingerprint density at radius 3 is 2.58 bits per heavy atom. The molecule has 0 saturated heterocycles. The van der Waals surface area contributed by atoms with Crippen LogP contribution in [0.15, 0.2) is 40.8 Å². The van der Waals surface area contributed by atoms with Crippen molar-refractivity contribution in [2.45, 2.75) is 13.0 Å². The number of nitriles is 1. The van der Waals surface area contributed by atoms with E-state index >= 15 is 0 Å². The second kappa shape index (κ2) is 5.69. The summed E-state index contributed by atoms with van der Waals surface area (Å²) in [6.45, 7) is 0.367. The highest BCUT2D eigenvalue weighted by molar-refractivity contribution is 5.45. The van der Waals surface area contributed by atoms with Gasteiger partial charge in [-0.25, -0.2) is 0 Å². The Morgan fingerprint density at radius 2 is 2.00 bits per heavy atom. The Bertz CT molecular complexity index is 611. The largest absolute Gasteiger partial charge is 0.433 e. The first-order chi connectivity index (χ1) is 9.19. The van der Waals surface area contributed by atoms with E-state index in [1.807, 2.05) is 24.3 Å². The quantitative estimate of drug-likeness (QED) is 0.656. The molecule has 0 spiro atoms. The molecule has 2 aromatic rings. The minimum atomic E-state index is -0.569. The van der Waals surface area contributed by atoms with Gasteiger partial charge in [-0.05, 0) is 23.8 Å². The van der Waals surface area contributed by atoms with Gasteiger partial charge in [0.15, 0.2) is 0 Å². The third-order valence-corrected chi connectivity index (χ3v) is 2.53. The van der Waals surface area contributed by atoms with Crippen LogP contribution in [-0.4, -0.2) is 4.92 Å². The third-order valence-electron chi connectivity index (χ3n) is 2.53. The smallest absolute Gasteiger partial charge is 0.404 e. The summed E-state index contributed by atoms with van der Waals surface area (Å²) in [7, 11) is 0. The van der Waals surface area contributed by atoms with Gasteiger partial charge in [-0.2, -0.15) is 5.26 Å². The van der Waals surface area contributed by atoms with Crippen LogP contribution in [0.25, 0.3) is 0 Å². The Hall–Kier alpha value is -2.81. The molecular formula is C13H11N3O3. The minimum absolute atomic E-state index is 0.263. The fourth-order valence-corrected chi connectivity index (χ4v) is 1.58. The van der Waals surface area contributed by atoms with Crippen molar-refractivity contribution in [1.82, 2.24) is 0 Å². The van der Waals surface area contributed by atoms with Crippen molar-refractivity contribution >= 4 is 11.6 Å². The first-order valence-corrected chi connectivity index (χ1v) is 5.62. The molecule has 0 aliphatic heterocycles. The highest BCUT2D eigenvalue weighted by Crippen LogP contribution is 2.17. The lowest BCUT2D eigenvalue weighted by Crippen LogP contribution is -1.98. The molecule has 96 valence electrons. The van der Waals surface area contributed by atoms with E-state index in [0.717, 1.165) is 11.3 Å². The van der Waals surface area contributed by atoms with Crippen LogP contribution in [0.4, 0.5) is 11.6 Å². The van der Waals surface area contributed by atoms with E-state index in [-0.39, 0.29) is 5.88 Å². The van der Waals surface area contributed by atoms with Crippen LogP contribution in [0.2, 0.25) is 0 Å². The molecule has 6 heteroatoms. The van der Waals surface area contributed by atoms with Gasteiger partial charge in [-0.1, -0.05) is 12.1 Å². The van der Waals surface area contributed by atoms with Crippen LogP contribution in [0.5, 0.6) is 0 Å². The second-order valence-electron chi connectivity index (χ2n) is 3.88. The van der Waals surface area contributed by atoms with Crippen molar-refractivity contribution < 1.29 is 9.34 Å². The van der Waals surface area contributed by atoms with E-state index in [1.165, 1.54) is 6.07 Å². The highest BCUT2D eigenvalue weighted by atomic mass is 16.6. The molecule has 2 rings (SSSR count). The number of hydrogen-bond donors (Lipinski definition) is 1. The lowest BCUT2D eigenvalue weighted by Gasteiger charge is -2.04. The summed E-state index contributed by atoms with van der Waals surface area (Å²) in [6.07, 6.45) is 0.380. The van der Waals surface area contributed by atoms with Crippen LogP contribution in [0, 0.1) is 21.4 Å². The molecule has 1 aromatic carbocycles. The molecule has 0 aliphatic rings. The summed E-state index contributed by atoms with van der Waals surface area (Å²) < 4.78 is 5.02. The van der Waals surface area contributed by atoms with E-state index in [2.05, 4.69) is 11.4 Å². The van der Waals surface area contributed by atoms with Crippen molar-refractivity contribution in [2.24, 2.45) is 0 Å². The summed E-state index contributed by atoms with van der Waals surface area (Å²) in [6, 6.07) is 12.4. The Morgan fingerprint density at radius 1 is 1.26 bits per heavy atom. The van der Waals surface area contributed by atoms with Crippen molar-refractivity contribution in [1.29, 1.82) is 5.26 Å². The molecule has 19 heavy (non-hydrogen) atoms. The molecule has 1 N–H and O–H groups in total. The minimum Gasteiger partial charge on any atom is -0.404 e. The van der Waals surface area contributed by atoms with E-state index < -0.39 is 4.92 Å². The van der Waals surface area contributed by atoms with Gasteiger partial charge in [0, 0.05) is 5.69 Å². The molecule has 0 aliphatic carbocycles. The molecule has 1 heterocycles. The van der Waals surface area contributed by atoms with E-state index in [0.29, 0.717) is 18.7 Å². The number of anilines is 1. The maximum absolute atomic E-state index is 10.5. The molecule has 0 bridgehead atoms. The van der Waals surface area contributed by atoms with Crippen LogP contribution in [0.1, 0.15) is 11.3 Å². The van der Waals surface area contributed by atoms with Crippen molar-refractivity contribution in [3.63, 3.8) is 0 Å². The molecule has 6 nitrogen and oxygen atoms in total. The van der Waals surface area contributed by atoms with Crippen LogP contribution in [0.3, 0.4) is 0 Å². The number of nitro groups is 1. The standard InChI is InChI=1S/C13H11N3O3/c14-8-7-10-1-3-11(4-2-10)15-9-12-5-6-13(19-12)16(17)18/h1-6,15H,7,9H2. The second-order valence-corrected chi connectivity index (χ2v) is 3.88. The normalized spacial score (nSPS) is 9.84. The Labute approximate surface area is 109 Å². The van der Waals surface area contributed by atoms with Gasteiger partial charge in [-0.15, -0.1) is 0 Å². The molecule has 0 unspecified atom stereocenters. The van der Waals surface area contributed by atoms with Gasteiger partial charge in [0.25, 0.3) is 0 Å². The predicted molar refractivity (Wildman–Crippen MR) is 68.4 cm³/mol. The predicted octanol–water partition coefficient (Wildman–Crippen LogP) is 2.87. The third kappa shape index (κ3) is 3.33. The zero-order valence-electron chi connectivity index (χ0n) is 10.00. The molecule has 0 atom stereocenters. The van der Waals surface area contributed by atoms with E-state index in [4.69, 9.17) is 9.68 Å². The Kier molecular flexibility index (Phi) is 3.78. The van der Waals surface area contributed by atoms with Gasteiger partial charge in [0.2, 0.25) is 0 Å². The summed E-state index contributed by atoms with van der Waals surface area (Å²) >= 11 is 0. The SMILES string of the molecule is N#CCc1ccc(NCc2ccc([N+](=O)[O-])o2)cc1. The number of nitrogens with zero attached hydrogens (tertiary/aromatic N) is 2. The number of rotatable bonds is 5. The van der Waals surface area contributed by atoms with Crippen molar-refractivity contribution in [2.75, 3.05) is 5.32 Å². The average Bonchev–Trinajstić information content (AvgIpc) is 2.87. The number of furan rings is 1. The molecule has 0 fully saturated rings. The topological polar surface area (TPSA) is 92.1 Å². The van der Waals surface area contributed by atoms with E-state index in [9.17, 15) is 10.1 Å². The lowest BCUT2D eigenvalue weighted by atomic mass is 10.1. The van der Waals surface area contributed by atoms with Gasteiger partial charge in [-0.3, -0.25) is 10.1 Å². The molecule has 0 radical (unpaired) electrons. The first-order valence-electron chi connectivity index (χ1n) is 5.62. The van der Waals surface area contributed by atoms with Gasteiger partial charge in [0.05, 0.1) is 25.1 Å².